The third kappa shape index (κ3) is 5.07. The molecule has 1 N–H and O–H groups in total. The van der Waals surface area contributed by atoms with Gasteiger partial charge in [-0.2, -0.15) is 0 Å². The summed E-state index contributed by atoms with van der Waals surface area (Å²) >= 11 is 0. The Morgan fingerprint density at radius 3 is 2.78 bits per heavy atom. The molecule has 8 heteroatoms. The summed E-state index contributed by atoms with van der Waals surface area (Å²) in [6.07, 6.45) is 4.67. The molecule has 4 atom stereocenters. The van der Waals surface area contributed by atoms with Gasteiger partial charge in [-0.3, -0.25) is 19.5 Å². The van der Waals surface area contributed by atoms with Gasteiger partial charge >= 0.3 is 0 Å². The van der Waals surface area contributed by atoms with Crippen LogP contribution in [0.15, 0.2) is 18.3 Å². The van der Waals surface area contributed by atoms with Gasteiger partial charge in [0.05, 0.1) is 31.9 Å². The van der Waals surface area contributed by atoms with Gasteiger partial charge in [0.1, 0.15) is 5.75 Å². The molecule has 0 aromatic carbocycles. The smallest absolute Gasteiger partial charge is 0.225 e. The number of ether oxygens (including phenoxy) is 2. The SMILES string of the molecule is COc1cccnc1CN1C[C@@H](CC(=O)NC(C)C)[C@H]2[C@H](CC(=O)N3CCCC3)OC[C@H]21. The number of nitrogens with one attached hydrogen (secondary N) is 1. The number of nitrogens with zero attached hydrogens (tertiary/aromatic N) is 3. The third-order valence-corrected chi connectivity index (χ3v) is 6.99. The van der Waals surface area contributed by atoms with Crippen molar-refractivity contribution in [1.82, 2.24) is 20.1 Å². The van der Waals surface area contributed by atoms with Crippen molar-refractivity contribution in [3.63, 3.8) is 0 Å². The highest BCUT2D eigenvalue weighted by atomic mass is 16.5. The molecule has 3 fully saturated rings. The molecule has 1 aromatic rings. The van der Waals surface area contributed by atoms with E-state index in [9.17, 15) is 9.59 Å². The predicted octanol–water partition coefficient (Wildman–Crippen LogP) is 1.83. The quantitative estimate of drug-likeness (QED) is 0.659. The van der Waals surface area contributed by atoms with Crippen molar-refractivity contribution in [2.24, 2.45) is 11.8 Å². The highest BCUT2D eigenvalue weighted by molar-refractivity contribution is 5.77. The molecule has 3 aliphatic rings. The second-order valence-corrected chi connectivity index (χ2v) is 9.58. The van der Waals surface area contributed by atoms with Gasteiger partial charge in [-0.25, -0.2) is 0 Å². The number of rotatable bonds is 8. The number of amides is 2. The standard InChI is InChI=1S/C24H36N4O4/c1-16(2)26-22(29)11-17-13-28(14-18-20(31-3)7-6-8-25-18)19-15-32-21(24(17)19)12-23(30)27-9-4-5-10-27/h6-8,16-17,19,21,24H,4-5,9-15H2,1-3H3,(H,26,29)/t17-,19-,21+,24-/m1/s1. The third-order valence-electron chi connectivity index (χ3n) is 6.99. The molecule has 0 unspecified atom stereocenters. The number of carbonyl (C=O) groups excluding carboxylic acids is 2. The topological polar surface area (TPSA) is 84.0 Å². The molecule has 0 aliphatic carbocycles. The van der Waals surface area contributed by atoms with E-state index in [-0.39, 0.29) is 41.8 Å². The molecule has 0 spiro atoms. The fourth-order valence-corrected chi connectivity index (χ4v) is 5.60. The largest absolute Gasteiger partial charge is 0.495 e. The first-order valence-electron chi connectivity index (χ1n) is 11.9. The summed E-state index contributed by atoms with van der Waals surface area (Å²) in [6.45, 7) is 7.68. The minimum Gasteiger partial charge on any atom is -0.495 e. The van der Waals surface area contributed by atoms with Crippen molar-refractivity contribution in [3.05, 3.63) is 24.0 Å². The van der Waals surface area contributed by atoms with Crippen LogP contribution in [-0.2, 0) is 20.9 Å². The summed E-state index contributed by atoms with van der Waals surface area (Å²) in [4.78, 5) is 34.3. The van der Waals surface area contributed by atoms with Crippen LogP contribution in [0.3, 0.4) is 0 Å². The summed E-state index contributed by atoms with van der Waals surface area (Å²) in [7, 11) is 1.66. The van der Waals surface area contributed by atoms with E-state index in [1.54, 1.807) is 13.3 Å². The van der Waals surface area contributed by atoms with E-state index in [0.717, 1.165) is 43.9 Å². The molecule has 0 bridgehead atoms. The Morgan fingerprint density at radius 1 is 1.28 bits per heavy atom. The van der Waals surface area contributed by atoms with E-state index in [4.69, 9.17) is 9.47 Å². The first-order valence-corrected chi connectivity index (χ1v) is 11.9. The normalized spacial score (nSPS) is 27.7. The first-order chi connectivity index (χ1) is 15.5. The number of aromatic nitrogens is 1. The second kappa shape index (κ2) is 10.2. The van der Waals surface area contributed by atoms with E-state index >= 15 is 0 Å². The van der Waals surface area contributed by atoms with Crippen LogP contribution in [-0.4, -0.2) is 78.1 Å². The molecule has 1 aromatic heterocycles. The molecule has 4 rings (SSSR count). The van der Waals surface area contributed by atoms with Gasteiger partial charge in [-0.05, 0) is 44.7 Å². The maximum atomic E-state index is 12.8. The minimum atomic E-state index is -0.138. The monoisotopic (exact) mass is 444 g/mol. The maximum absolute atomic E-state index is 12.8. The summed E-state index contributed by atoms with van der Waals surface area (Å²) in [6, 6.07) is 4.08. The first kappa shape index (κ1) is 23.0. The fraction of sp³-hybridized carbons (Fsp3) is 0.708. The molecule has 176 valence electrons. The van der Waals surface area contributed by atoms with Crippen molar-refractivity contribution in [2.75, 3.05) is 33.4 Å². The molecule has 8 nitrogen and oxygen atoms in total. The number of likely N-dealkylation sites (tertiary alicyclic amines) is 2. The number of pyridine rings is 1. The van der Waals surface area contributed by atoms with Crippen LogP contribution in [0.25, 0.3) is 0 Å². The van der Waals surface area contributed by atoms with E-state index < -0.39 is 0 Å². The van der Waals surface area contributed by atoms with Gasteiger partial charge in [0, 0.05) is 56.8 Å². The highest BCUT2D eigenvalue weighted by Crippen LogP contribution is 2.42. The van der Waals surface area contributed by atoms with Crippen LogP contribution in [0.1, 0.15) is 45.2 Å². The van der Waals surface area contributed by atoms with Crippen LogP contribution in [0.2, 0.25) is 0 Å². The van der Waals surface area contributed by atoms with Crippen molar-refractivity contribution in [1.29, 1.82) is 0 Å². The lowest BCUT2D eigenvalue weighted by Crippen LogP contribution is -2.37. The minimum absolute atomic E-state index is 0.0672. The lowest BCUT2D eigenvalue weighted by molar-refractivity contribution is -0.133. The molecule has 3 saturated heterocycles. The van der Waals surface area contributed by atoms with E-state index in [1.165, 1.54) is 0 Å². The number of fused-ring (bicyclic) bond motifs is 1. The van der Waals surface area contributed by atoms with Gasteiger partial charge in [-0.1, -0.05) is 0 Å². The number of hydrogen-bond acceptors (Lipinski definition) is 6. The molecule has 0 radical (unpaired) electrons. The molecule has 4 heterocycles. The lowest BCUT2D eigenvalue weighted by Gasteiger charge is -2.25. The molecule has 2 amide bonds. The van der Waals surface area contributed by atoms with Crippen LogP contribution < -0.4 is 10.1 Å². The fourth-order valence-electron chi connectivity index (χ4n) is 5.60. The van der Waals surface area contributed by atoms with E-state index in [2.05, 4.69) is 15.2 Å². The van der Waals surface area contributed by atoms with Gasteiger partial charge in [0.15, 0.2) is 0 Å². The Balaban J connectivity index is 1.49. The van der Waals surface area contributed by atoms with Gasteiger partial charge in [0.25, 0.3) is 0 Å². The Kier molecular flexibility index (Phi) is 7.30. The molecule has 3 aliphatic heterocycles. The average molecular weight is 445 g/mol. The van der Waals surface area contributed by atoms with Crippen molar-refractivity contribution >= 4 is 11.8 Å². The summed E-state index contributed by atoms with van der Waals surface area (Å²) in [5.41, 5.74) is 0.887. The van der Waals surface area contributed by atoms with Crippen LogP contribution >= 0.6 is 0 Å². The van der Waals surface area contributed by atoms with Crippen molar-refractivity contribution < 1.29 is 19.1 Å². The maximum Gasteiger partial charge on any atom is 0.225 e. The predicted molar refractivity (Wildman–Crippen MR) is 120 cm³/mol. The molecular weight excluding hydrogens is 408 g/mol. The Morgan fingerprint density at radius 2 is 2.06 bits per heavy atom. The summed E-state index contributed by atoms with van der Waals surface area (Å²) < 4.78 is 11.7. The Hall–Kier alpha value is -2.19. The number of hydrogen-bond donors (Lipinski definition) is 1. The highest BCUT2D eigenvalue weighted by Gasteiger charge is 2.51. The van der Waals surface area contributed by atoms with Gasteiger partial charge < -0.3 is 19.7 Å². The number of carbonyl (C=O) groups is 2. The zero-order chi connectivity index (χ0) is 22.7. The molecule has 0 saturated carbocycles. The van der Waals surface area contributed by atoms with Crippen LogP contribution in [0, 0.1) is 11.8 Å². The lowest BCUT2D eigenvalue weighted by atomic mass is 9.84. The zero-order valence-electron chi connectivity index (χ0n) is 19.5. The second-order valence-electron chi connectivity index (χ2n) is 9.58. The van der Waals surface area contributed by atoms with Crippen molar-refractivity contribution in [2.45, 2.75) is 64.3 Å². The van der Waals surface area contributed by atoms with Gasteiger partial charge in [0.2, 0.25) is 11.8 Å². The number of methoxy groups -OCH3 is 1. The van der Waals surface area contributed by atoms with E-state index in [1.807, 2.05) is 30.9 Å². The Bertz CT molecular complexity index is 811. The van der Waals surface area contributed by atoms with Crippen LogP contribution in [0.4, 0.5) is 0 Å². The van der Waals surface area contributed by atoms with Crippen LogP contribution in [0.5, 0.6) is 5.75 Å². The molecule has 32 heavy (non-hydrogen) atoms. The molecular formula is C24H36N4O4. The van der Waals surface area contributed by atoms with E-state index in [0.29, 0.717) is 26.0 Å². The van der Waals surface area contributed by atoms with Gasteiger partial charge in [-0.15, -0.1) is 0 Å². The summed E-state index contributed by atoms with van der Waals surface area (Å²) in [5.74, 6) is 1.33. The Labute approximate surface area is 190 Å². The van der Waals surface area contributed by atoms with Crippen molar-refractivity contribution in [3.8, 4) is 5.75 Å². The average Bonchev–Trinajstić information content (AvgIpc) is 3.48. The summed E-state index contributed by atoms with van der Waals surface area (Å²) in [5, 5.41) is 3.03. The zero-order valence-corrected chi connectivity index (χ0v) is 19.5.